The van der Waals surface area contributed by atoms with Gasteiger partial charge in [0.25, 0.3) is 0 Å². The minimum atomic E-state index is -0.241. The van der Waals surface area contributed by atoms with Gasteiger partial charge in [0.15, 0.2) is 0 Å². The van der Waals surface area contributed by atoms with Crippen LogP contribution in [0.25, 0.3) is 0 Å². The number of rotatable bonds is 2. The number of carbonyl (C=O) groups excluding carboxylic acids is 2. The van der Waals surface area contributed by atoms with Gasteiger partial charge in [-0.25, -0.2) is 0 Å². The zero-order valence-corrected chi connectivity index (χ0v) is 12.0. The maximum Gasteiger partial charge on any atom is 0.225 e. The van der Waals surface area contributed by atoms with Gasteiger partial charge in [-0.15, -0.1) is 0 Å². The highest BCUT2D eigenvalue weighted by atomic mass is 16.2. The molecule has 0 saturated carbocycles. The molecule has 2 amide bonds. The van der Waals surface area contributed by atoms with E-state index in [-0.39, 0.29) is 5.91 Å². The van der Waals surface area contributed by atoms with Crippen molar-refractivity contribution in [3.63, 3.8) is 0 Å². The first-order valence-electron chi connectivity index (χ1n) is 5.75. The number of anilines is 1. The Kier molecular flexibility index (Phi) is 11.9. The first-order valence-corrected chi connectivity index (χ1v) is 5.75. The third kappa shape index (κ3) is 9.33. The van der Waals surface area contributed by atoms with E-state index in [1.165, 1.54) is 14.0 Å². The Morgan fingerprint density at radius 3 is 2.00 bits per heavy atom. The van der Waals surface area contributed by atoms with Crippen LogP contribution in [0.1, 0.15) is 20.8 Å². The van der Waals surface area contributed by atoms with Crippen LogP contribution in [0.2, 0.25) is 0 Å². The fourth-order valence-corrected chi connectivity index (χ4v) is 0.693. The number of pyridine rings is 1. The van der Waals surface area contributed by atoms with Gasteiger partial charge in [-0.2, -0.15) is 0 Å². The molecule has 0 saturated heterocycles. The number of aromatic nitrogens is 1. The van der Waals surface area contributed by atoms with E-state index in [1.54, 1.807) is 6.20 Å². The highest BCUT2D eigenvalue weighted by Crippen LogP contribution is 2.05. The molecular formula is C13H23N3O2. The fourth-order valence-electron chi connectivity index (χ4n) is 0.693. The lowest BCUT2D eigenvalue weighted by molar-refractivity contribution is -0.134. The molecule has 0 N–H and O–H groups in total. The van der Waals surface area contributed by atoms with E-state index in [1.807, 2.05) is 51.2 Å². The Hall–Kier alpha value is -1.91. The van der Waals surface area contributed by atoms with Crippen molar-refractivity contribution in [3.05, 3.63) is 24.5 Å². The first-order chi connectivity index (χ1) is 8.49. The zero-order valence-electron chi connectivity index (χ0n) is 12.0. The molecule has 1 heterocycles. The normalized spacial score (nSPS) is 7.89. The molecule has 1 aromatic heterocycles. The second-order valence-corrected chi connectivity index (χ2v) is 3.34. The average molecular weight is 253 g/mol. The summed E-state index contributed by atoms with van der Waals surface area (Å²) in [4.78, 5) is 26.7. The van der Waals surface area contributed by atoms with Crippen LogP contribution in [0.3, 0.4) is 0 Å². The number of nitrogens with zero attached hydrogens (tertiary/aromatic N) is 3. The summed E-state index contributed by atoms with van der Waals surface area (Å²) in [7, 11) is 5.41. The minimum absolute atomic E-state index is 0.241. The van der Waals surface area contributed by atoms with Gasteiger partial charge >= 0.3 is 0 Å². The van der Waals surface area contributed by atoms with Gasteiger partial charge in [0.05, 0.1) is 11.9 Å². The van der Waals surface area contributed by atoms with E-state index >= 15 is 0 Å². The molecule has 0 radical (unpaired) electrons. The summed E-state index contributed by atoms with van der Waals surface area (Å²) in [5.74, 6) is -0.241. The molecule has 1 aromatic rings. The van der Waals surface area contributed by atoms with Crippen LogP contribution in [0.15, 0.2) is 24.5 Å². The Morgan fingerprint density at radius 2 is 1.83 bits per heavy atom. The summed E-state index contributed by atoms with van der Waals surface area (Å²) < 4.78 is 0. The van der Waals surface area contributed by atoms with Gasteiger partial charge in [0.2, 0.25) is 12.3 Å². The molecule has 0 spiro atoms. The highest BCUT2D eigenvalue weighted by Gasteiger charge is 1.94. The lowest BCUT2D eigenvalue weighted by atomic mass is 10.4. The SMILES string of the molecule is CC.CC(=O)N(C)C=O.CN(C)c1cccnc1. The molecule has 0 aliphatic carbocycles. The second kappa shape index (κ2) is 11.6. The zero-order chi connectivity index (χ0) is 14.6. The fraction of sp³-hybridized carbons (Fsp3) is 0.462. The standard InChI is InChI=1S/C7H10N2.C4H7NO2.C2H6/c1-9(2)7-4-3-5-8-6-7;1-4(7)5(2)3-6;1-2/h3-6H,1-2H3;3H,1-2H3;1-2H3. The van der Waals surface area contributed by atoms with Gasteiger partial charge in [-0.3, -0.25) is 19.5 Å². The second-order valence-electron chi connectivity index (χ2n) is 3.34. The topological polar surface area (TPSA) is 53.5 Å². The Labute approximate surface area is 109 Å². The van der Waals surface area contributed by atoms with Gasteiger partial charge in [0.1, 0.15) is 0 Å². The van der Waals surface area contributed by atoms with Crippen molar-refractivity contribution in [2.24, 2.45) is 0 Å². The van der Waals surface area contributed by atoms with Crippen LogP contribution in [0, 0.1) is 0 Å². The van der Waals surface area contributed by atoms with Crippen LogP contribution in [0.5, 0.6) is 0 Å². The molecule has 5 nitrogen and oxygen atoms in total. The number of imide groups is 1. The van der Waals surface area contributed by atoms with Gasteiger partial charge < -0.3 is 4.90 Å². The third-order valence-electron chi connectivity index (χ3n) is 1.82. The molecular weight excluding hydrogens is 230 g/mol. The maximum absolute atomic E-state index is 10.1. The van der Waals surface area contributed by atoms with Crippen LogP contribution in [-0.2, 0) is 9.59 Å². The lowest BCUT2D eigenvalue weighted by Gasteiger charge is -2.09. The van der Waals surface area contributed by atoms with E-state index in [0.717, 1.165) is 10.6 Å². The Balaban J connectivity index is 0. The van der Waals surface area contributed by atoms with Crippen molar-refractivity contribution in [3.8, 4) is 0 Å². The van der Waals surface area contributed by atoms with Crippen molar-refractivity contribution in [2.45, 2.75) is 20.8 Å². The van der Waals surface area contributed by atoms with Crippen LogP contribution in [0.4, 0.5) is 5.69 Å². The minimum Gasteiger partial charge on any atom is -0.376 e. The van der Waals surface area contributed by atoms with Crippen LogP contribution < -0.4 is 4.90 Å². The predicted molar refractivity (Wildman–Crippen MR) is 74.4 cm³/mol. The molecule has 0 aliphatic rings. The molecule has 0 bridgehead atoms. The number of amides is 2. The molecule has 0 aromatic carbocycles. The molecule has 0 fully saturated rings. The summed E-state index contributed by atoms with van der Waals surface area (Å²) in [5, 5.41) is 0. The van der Waals surface area contributed by atoms with E-state index in [4.69, 9.17) is 0 Å². The van der Waals surface area contributed by atoms with Crippen molar-refractivity contribution < 1.29 is 9.59 Å². The lowest BCUT2D eigenvalue weighted by Crippen LogP contribution is -2.21. The number of hydrogen-bond acceptors (Lipinski definition) is 4. The monoisotopic (exact) mass is 253 g/mol. The first kappa shape index (κ1) is 18.5. The third-order valence-corrected chi connectivity index (χ3v) is 1.82. The van der Waals surface area contributed by atoms with Gasteiger partial charge in [-0.05, 0) is 12.1 Å². The van der Waals surface area contributed by atoms with Crippen molar-refractivity contribution in [1.29, 1.82) is 0 Å². The van der Waals surface area contributed by atoms with E-state index in [0.29, 0.717) is 6.41 Å². The van der Waals surface area contributed by atoms with Gasteiger partial charge in [0, 0.05) is 34.3 Å². The predicted octanol–water partition coefficient (Wildman–Crippen LogP) is 1.79. The molecule has 0 aliphatic heterocycles. The number of hydrogen-bond donors (Lipinski definition) is 0. The molecule has 5 heteroatoms. The van der Waals surface area contributed by atoms with Crippen LogP contribution >= 0.6 is 0 Å². The summed E-state index contributed by atoms with van der Waals surface area (Å²) in [6, 6.07) is 3.95. The molecule has 0 atom stereocenters. The molecule has 0 unspecified atom stereocenters. The molecule has 1 rings (SSSR count). The summed E-state index contributed by atoms with van der Waals surface area (Å²) in [5.41, 5.74) is 1.14. The summed E-state index contributed by atoms with van der Waals surface area (Å²) in [6.07, 6.45) is 4.08. The Morgan fingerprint density at radius 1 is 1.28 bits per heavy atom. The van der Waals surface area contributed by atoms with Crippen LogP contribution in [-0.4, -0.2) is 43.3 Å². The molecule has 18 heavy (non-hydrogen) atoms. The van der Waals surface area contributed by atoms with Gasteiger partial charge in [-0.1, -0.05) is 13.8 Å². The van der Waals surface area contributed by atoms with Crippen molar-refractivity contribution in [1.82, 2.24) is 9.88 Å². The maximum atomic E-state index is 10.1. The number of carbonyl (C=O) groups is 2. The highest BCUT2D eigenvalue weighted by molar-refractivity contribution is 5.83. The average Bonchev–Trinajstić information content (AvgIpc) is 2.41. The van der Waals surface area contributed by atoms with Crippen molar-refractivity contribution in [2.75, 3.05) is 26.0 Å². The molecule has 102 valence electrons. The van der Waals surface area contributed by atoms with E-state index < -0.39 is 0 Å². The summed E-state index contributed by atoms with van der Waals surface area (Å²) >= 11 is 0. The van der Waals surface area contributed by atoms with E-state index in [2.05, 4.69) is 4.98 Å². The largest absolute Gasteiger partial charge is 0.376 e. The van der Waals surface area contributed by atoms with Crippen molar-refractivity contribution >= 4 is 18.0 Å². The Bertz CT molecular complexity index is 326. The quantitative estimate of drug-likeness (QED) is 0.754. The smallest absolute Gasteiger partial charge is 0.225 e. The van der Waals surface area contributed by atoms with E-state index in [9.17, 15) is 9.59 Å². The summed E-state index contributed by atoms with van der Waals surface area (Å²) in [6.45, 7) is 5.33.